The number of nitrogens with one attached hydrogen (secondary N) is 1. The van der Waals surface area contributed by atoms with Crippen molar-refractivity contribution in [2.24, 2.45) is 11.8 Å². The van der Waals surface area contributed by atoms with Crippen LogP contribution < -0.4 is 14.8 Å². The molecule has 0 aliphatic carbocycles. The van der Waals surface area contributed by atoms with Crippen molar-refractivity contribution in [3.8, 4) is 11.5 Å². The quantitative estimate of drug-likeness (QED) is 0.914. The van der Waals surface area contributed by atoms with Gasteiger partial charge in [-0.2, -0.15) is 8.78 Å². The first kappa shape index (κ1) is 17.0. The molecular weight excluding hydrogens is 318 g/mol. The van der Waals surface area contributed by atoms with E-state index in [2.05, 4.69) is 10.1 Å². The number of hydrogen-bond acceptors (Lipinski definition) is 4. The van der Waals surface area contributed by atoms with Gasteiger partial charge in [0, 0.05) is 13.1 Å². The monoisotopic (exact) mass is 340 g/mol. The van der Waals surface area contributed by atoms with E-state index >= 15 is 0 Å². The van der Waals surface area contributed by atoms with Crippen LogP contribution >= 0.6 is 0 Å². The molecule has 1 N–H and O–H groups in total. The Morgan fingerprint density at radius 1 is 1.25 bits per heavy atom. The minimum absolute atomic E-state index is 0.125. The first-order valence-electron chi connectivity index (χ1n) is 8.22. The summed E-state index contributed by atoms with van der Waals surface area (Å²) in [6.07, 6.45) is 1.86. The molecule has 0 aromatic heterocycles. The van der Waals surface area contributed by atoms with Crippen molar-refractivity contribution < 1.29 is 23.0 Å². The number of nitrogens with zero attached hydrogens (tertiary/aromatic N) is 1. The number of ether oxygens (including phenoxy) is 2. The Balaban J connectivity index is 1.81. The summed E-state index contributed by atoms with van der Waals surface area (Å²) in [7, 11) is 1.36. The number of hydrogen-bond donors (Lipinski definition) is 1. The predicted molar refractivity (Wildman–Crippen MR) is 84.6 cm³/mol. The lowest BCUT2D eigenvalue weighted by Gasteiger charge is -2.23. The average Bonchev–Trinajstić information content (AvgIpc) is 2.92. The second-order valence-corrected chi connectivity index (χ2v) is 6.26. The largest absolute Gasteiger partial charge is 0.493 e. The zero-order chi connectivity index (χ0) is 17.1. The number of rotatable bonds is 4. The number of benzene rings is 1. The third kappa shape index (κ3) is 3.45. The number of para-hydroxylation sites is 1. The maximum atomic E-state index is 12.9. The summed E-state index contributed by atoms with van der Waals surface area (Å²) in [5.74, 6) is 0.843. The van der Waals surface area contributed by atoms with Crippen LogP contribution in [0.2, 0.25) is 0 Å². The molecule has 2 aliphatic rings. The normalized spacial score (nSPS) is 23.8. The number of halogens is 2. The molecule has 5 nitrogen and oxygen atoms in total. The molecule has 0 saturated carbocycles. The van der Waals surface area contributed by atoms with Crippen LogP contribution in [0.4, 0.5) is 8.78 Å². The molecule has 2 fully saturated rings. The van der Waals surface area contributed by atoms with Crippen molar-refractivity contribution in [2.45, 2.75) is 19.5 Å². The smallest absolute Gasteiger partial charge is 0.387 e. The molecule has 2 atom stereocenters. The van der Waals surface area contributed by atoms with Crippen LogP contribution in [0.25, 0.3) is 0 Å². The molecular formula is C17H22F2N2O3. The average molecular weight is 340 g/mol. The van der Waals surface area contributed by atoms with E-state index in [1.807, 2.05) is 0 Å². The summed E-state index contributed by atoms with van der Waals surface area (Å²) in [5, 5.41) is 3.39. The zero-order valence-corrected chi connectivity index (χ0v) is 13.6. The first-order chi connectivity index (χ1) is 11.6. The number of carbonyl (C=O) groups is 1. The molecule has 1 aromatic carbocycles. The van der Waals surface area contributed by atoms with Crippen molar-refractivity contribution in [3.05, 3.63) is 23.8 Å². The summed E-state index contributed by atoms with van der Waals surface area (Å²) in [5.41, 5.74) is 0.125. The van der Waals surface area contributed by atoms with Crippen molar-refractivity contribution in [1.29, 1.82) is 0 Å². The Morgan fingerprint density at radius 3 is 2.50 bits per heavy atom. The predicted octanol–water partition coefficient (Wildman–Crippen LogP) is 2.37. The molecule has 24 heavy (non-hydrogen) atoms. The first-order valence-corrected chi connectivity index (χ1v) is 8.22. The summed E-state index contributed by atoms with van der Waals surface area (Å²) < 4.78 is 35.1. The van der Waals surface area contributed by atoms with Crippen LogP contribution in [0.5, 0.6) is 11.5 Å². The molecule has 0 unspecified atom stereocenters. The van der Waals surface area contributed by atoms with Crippen LogP contribution in [0.15, 0.2) is 18.2 Å². The summed E-state index contributed by atoms with van der Waals surface area (Å²) >= 11 is 0. The third-order valence-corrected chi connectivity index (χ3v) is 4.94. The van der Waals surface area contributed by atoms with Gasteiger partial charge >= 0.3 is 6.61 Å². The summed E-state index contributed by atoms with van der Waals surface area (Å²) in [6, 6.07) is 4.63. The van der Waals surface area contributed by atoms with Gasteiger partial charge in [-0.1, -0.05) is 6.07 Å². The number of alkyl halides is 2. The minimum Gasteiger partial charge on any atom is -0.493 e. The van der Waals surface area contributed by atoms with Crippen LogP contribution in [-0.4, -0.2) is 50.7 Å². The molecule has 0 spiro atoms. The molecule has 3 rings (SSSR count). The number of carbonyl (C=O) groups excluding carboxylic acids is 1. The zero-order valence-electron chi connectivity index (χ0n) is 13.6. The molecule has 2 aliphatic heterocycles. The lowest BCUT2D eigenvalue weighted by molar-refractivity contribution is -0.0516. The topological polar surface area (TPSA) is 50.8 Å². The van der Waals surface area contributed by atoms with Gasteiger partial charge in [-0.3, -0.25) is 4.79 Å². The third-order valence-electron chi connectivity index (χ3n) is 4.94. The SMILES string of the molecule is COc1cccc(C(=O)N2CC[C@@H]3CNC[C@@H]3CC2)c1OC(F)F. The second-order valence-electron chi connectivity index (χ2n) is 6.26. The van der Waals surface area contributed by atoms with Gasteiger partial charge in [0.25, 0.3) is 5.91 Å². The molecule has 1 aromatic rings. The van der Waals surface area contributed by atoms with Crippen molar-refractivity contribution >= 4 is 5.91 Å². The molecule has 2 heterocycles. The van der Waals surface area contributed by atoms with Gasteiger partial charge in [-0.15, -0.1) is 0 Å². The van der Waals surface area contributed by atoms with E-state index in [1.165, 1.54) is 19.2 Å². The van der Waals surface area contributed by atoms with Gasteiger partial charge in [0.15, 0.2) is 11.5 Å². The fraction of sp³-hybridized carbons (Fsp3) is 0.588. The van der Waals surface area contributed by atoms with E-state index in [-0.39, 0.29) is 23.0 Å². The highest BCUT2D eigenvalue weighted by Crippen LogP contribution is 2.34. The Morgan fingerprint density at radius 2 is 1.92 bits per heavy atom. The molecule has 7 heteroatoms. The van der Waals surface area contributed by atoms with E-state index in [0.717, 1.165) is 25.9 Å². The Hall–Kier alpha value is -1.89. The number of methoxy groups -OCH3 is 1. The number of amides is 1. The van der Waals surface area contributed by atoms with Gasteiger partial charge < -0.3 is 19.7 Å². The Bertz CT molecular complexity index is 583. The highest BCUT2D eigenvalue weighted by atomic mass is 19.3. The Labute approximate surface area is 139 Å². The lowest BCUT2D eigenvalue weighted by atomic mass is 9.92. The molecule has 1 amide bonds. The number of fused-ring (bicyclic) bond motifs is 1. The van der Waals surface area contributed by atoms with Crippen molar-refractivity contribution in [3.63, 3.8) is 0 Å². The molecule has 132 valence electrons. The second kappa shape index (κ2) is 7.34. The van der Waals surface area contributed by atoms with E-state index in [4.69, 9.17) is 4.74 Å². The van der Waals surface area contributed by atoms with E-state index < -0.39 is 6.61 Å². The van der Waals surface area contributed by atoms with Gasteiger partial charge in [-0.25, -0.2) is 0 Å². The lowest BCUT2D eigenvalue weighted by Crippen LogP contribution is -2.33. The highest BCUT2D eigenvalue weighted by molar-refractivity contribution is 5.97. The molecule has 2 saturated heterocycles. The maximum Gasteiger partial charge on any atom is 0.387 e. The van der Waals surface area contributed by atoms with E-state index in [1.54, 1.807) is 11.0 Å². The van der Waals surface area contributed by atoms with Gasteiger partial charge in [-0.05, 0) is 49.9 Å². The van der Waals surface area contributed by atoms with Crippen LogP contribution in [-0.2, 0) is 0 Å². The summed E-state index contributed by atoms with van der Waals surface area (Å²) in [6.45, 7) is 0.236. The van der Waals surface area contributed by atoms with Crippen LogP contribution in [0.1, 0.15) is 23.2 Å². The van der Waals surface area contributed by atoms with Gasteiger partial charge in [0.05, 0.1) is 12.7 Å². The number of likely N-dealkylation sites (tertiary alicyclic amines) is 1. The highest BCUT2D eigenvalue weighted by Gasteiger charge is 2.32. The Kier molecular flexibility index (Phi) is 5.18. The van der Waals surface area contributed by atoms with Crippen molar-refractivity contribution in [1.82, 2.24) is 10.2 Å². The van der Waals surface area contributed by atoms with Gasteiger partial charge in [0.1, 0.15) is 0 Å². The van der Waals surface area contributed by atoms with E-state index in [9.17, 15) is 13.6 Å². The summed E-state index contributed by atoms with van der Waals surface area (Å²) in [4.78, 5) is 14.6. The molecule has 0 radical (unpaired) electrons. The van der Waals surface area contributed by atoms with Crippen LogP contribution in [0, 0.1) is 11.8 Å². The van der Waals surface area contributed by atoms with Crippen LogP contribution in [0.3, 0.4) is 0 Å². The minimum atomic E-state index is -3.01. The molecule has 0 bridgehead atoms. The fourth-order valence-corrected chi connectivity index (χ4v) is 3.65. The van der Waals surface area contributed by atoms with Crippen molar-refractivity contribution in [2.75, 3.05) is 33.3 Å². The maximum absolute atomic E-state index is 12.9. The fourth-order valence-electron chi connectivity index (χ4n) is 3.65. The van der Waals surface area contributed by atoms with E-state index in [0.29, 0.717) is 24.9 Å². The van der Waals surface area contributed by atoms with Gasteiger partial charge in [0.2, 0.25) is 0 Å². The standard InChI is InChI=1S/C17H22F2N2O3/c1-23-14-4-2-3-13(15(14)24-17(18)19)16(22)21-7-5-11-9-20-10-12(11)6-8-21/h2-4,11-12,17,20H,5-10H2,1H3/t11-,12+.